The molecular weight excluding hydrogens is 276 g/mol. The van der Waals surface area contributed by atoms with Crippen LogP contribution in [0.5, 0.6) is 5.75 Å². The summed E-state index contributed by atoms with van der Waals surface area (Å²) in [6.07, 6.45) is 0.902. The topological polar surface area (TPSA) is 45.3 Å². The van der Waals surface area contributed by atoms with Crippen molar-refractivity contribution in [2.24, 2.45) is 11.8 Å². The summed E-state index contributed by atoms with van der Waals surface area (Å²) in [5.74, 6) is 1.59. The Kier molecular flexibility index (Phi) is 3.85. The van der Waals surface area contributed by atoms with Crippen LogP contribution in [0.2, 0.25) is 0 Å². The number of hydrogen-bond donors (Lipinski definition) is 1. The van der Waals surface area contributed by atoms with Crippen molar-refractivity contribution in [1.82, 2.24) is 9.88 Å². The van der Waals surface area contributed by atoms with Gasteiger partial charge in [-0.3, -0.25) is 4.79 Å². The first-order valence-electron chi connectivity index (χ1n) is 7.97. The molecule has 0 aliphatic carbocycles. The van der Waals surface area contributed by atoms with Gasteiger partial charge in [-0.05, 0) is 36.1 Å². The molecule has 0 saturated carbocycles. The minimum atomic E-state index is 0.0750. The summed E-state index contributed by atoms with van der Waals surface area (Å²) < 4.78 is 5.32. The lowest BCUT2D eigenvalue weighted by Crippen LogP contribution is -2.40. The highest BCUT2D eigenvalue weighted by Crippen LogP contribution is 2.31. The molecule has 1 aliphatic rings. The van der Waals surface area contributed by atoms with Crippen LogP contribution >= 0.6 is 0 Å². The Morgan fingerprint density at radius 1 is 1.32 bits per heavy atom. The van der Waals surface area contributed by atoms with Gasteiger partial charge in [0, 0.05) is 29.1 Å². The number of ether oxygens (including phenoxy) is 1. The molecule has 0 saturated heterocycles. The number of methoxy groups -OCH3 is 1. The van der Waals surface area contributed by atoms with Gasteiger partial charge in [-0.1, -0.05) is 20.8 Å². The second kappa shape index (κ2) is 5.67. The third-order valence-electron chi connectivity index (χ3n) is 4.88. The maximum atomic E-state index is 12.6. The summed E-state index contributed by atoms with van der Waals surface area (Å²) in [4.78, 5) is 18.0. The summed E-state index contributed by atoms with van der Waals surface area (Å²) in [6.45, 7) is 7.72. The molecule has 1 aliphatic heterocycles. The fourth-order valence-corrected chi connectivity index (χ4v) is 3.11. The first-order valence-corrected chi connectivity index (χ1v) is 7.97. The lowest BCUT2D eigenvalue weighted by Gasteiger charge is -2.30. The Balaban J connectivity index is 1.89. The van der Waals surface area contributed by atoms with Crippen LogP contribution in [0.25, 0.3) is 10.9 Å². The van der Waals surface area contributed by atoms with Gasteiger partial charge in [0.1, 0.15) is 5.75 Å². The molecule has 118 valence electrons. The van der Waals surface area contributed by atoms with E-state index in [2.05, 4.69) is 31.0 Å². The van der Waals surface area contributed by atoms with Crippen LogP contribution in [0.15, 0.2) is 18.2 Å². The average Bonchev–Trinajstić information content (AvgIpc) is 2.89. The second-order valence-corrected chi connectivity index (χ2v) is 6.54. The van der Waals surface area contributed by atoms with Gasteiger partial charge in [0.2, 0.25) is 5.91 Å². The first kappa shape index (κ1) is 14.9. The van der Waals surface area contributed by atoms with E-state index in [0.29, 0.717) is 12.5 Å². The zero-order valence-corrected chi connectivity index (χ0v) is 13.8. The van der Waals surface area contributed by atoms with Crippen LogP contribution in [0.4, 0.5) is 0 Å². The van der Waals surface area contributed by atoms with Crippen molar-refractivity contribution in [3.05, 3.63) is 29.5 Å². The van der Waals surface area contributed by atoms with Crippen LogP contribution < -0.4 is 4.74 Å². The lowest BCUT2D eigenvalue weighted by atomic mass is 9.95. The monoisotopic (exact) mass is 300 g/mol. The molecule has 3 rings (SSSR count). The van der Waals surface area contributed by atoms with Crippen LogP contribution in [-0.4, -0.2) is 29.4 Å². The number of H-pyrrole nitrogens is 1. The molecule has 4 heteroatoms. The number of fused-ring (bicyclic) bond motifs is 3. The van der Waals surface area contributed by atoms with E-state index in [-0.39, 0.29) is 11.8 Å². The zero-order chi connectivity index (χ0) is 15.9. The Hall–Kier alpha value is -1.97. The van der Waals surface area contributed by atoms with E-state index in [1.807, 2.05) is 17.9 Å². The first-order chi connectivity index (χ1) is 10.5. The van der Waals surface area contributed by atoms with E-state index in [1.165, 1.54) is 16.6 Å². The molecule has 1 amide bonds. The van der Waals surface area contributed by atoms with Gasteiger partial charge in [-0.15, -0.1) is 0 Å². The molecule has 1 aromatic heterocycles. The molecule has 1 unspecified atom stereocenters. The average molecular weight is 300 g/mol. The molecule has 4 nitrogen and oxygen atoms in total. The van der Waals surface area contributed by atoms with Crippen LogP contribution in [0.3, 0.4) is 0 Å². The van der Waals surface area contributed by atoms with E-state index in [4.69, 9.17) is 4.74 Å². The van der Waals surface area contributed by atoms with Crippen molar-refractivity contribution >= 4 is 16.8 Å². The summed E-state index contributed by atoms with van der Waals surface area (Å²) in [5.41, 5.74) is 3.62. The maximum Gasteiger partial charge on any atom is 0.226 e. The predicted octanol–water partition coefficient (Wildman–Crippen LogP) is 3.35. The van der Waals surface area contributed by atoms with Crippen molar-refractivity contribution in [1.29, 1.82) is 0 Å². The van der Waals surface area contributed by atoms with Gasteiger partial charge in [-0.2, -0.15) is 0 Å². The molecular formula is C18H24N2O2. The Bertz CT molecular complexity index is 702. The van der Waals surface area contributed by atoms with Crippen molar-refractivity contribution in [3.8, 4) is 5.75 Å². The Labute approximate surface area is 131 Å². The number of rotatable bonds is 3. The SMILES string of the molecule is COc1ccc2[nH]c3c(c2c1)CCN(C(=O)C(C)C(C)C)C3. The number of nitrogens with one attached hydrogen (secondary N) is 1. The number of amides is 1. The predicted molar refractivity (Wildman–Crippen MR) is 88.0 cm³/mol. The third-order valence-corrected chi connectivity index (χ3v) is 4.88. The fraction of sp³-hybridized carbons (Fsp3) is 0.500. The Morgan fingerprint density at radius 3 is 2.77 bits per heavy atom. The number of benzene rings is 1. The summed E-state index contributed by atoms with van der Waals surface area (Å²) in [7, 11) is 1.69. The normalized spacial score (nSPS) is 16.0. The van der Waals surface area contributed by atoms with Crippen LogP contribution in [0, 0.1) is 11.8 Å². The number of hydrogen-bond acceptors (Lipinski definition) is 2. The molecule has 0 fully saturated rings. The van der Waals surface area contributed by atoms with Gasteiger partial charge < -0.3 is 14.6 Å². The number of carbonyl (C=O) groups is 1. The van der Waals surface area contributed by atoms with Crippen molar-refractivity contribution in [2.45, 2.75) is 33.7 Å². The van der Waals surface area contributed by atoms with Gasteiger partial charge in [0.15, 0.2) is 0 Å². The highest BCUT2D eigenvalue weighted by atomic mass is 16.5. The minimum absolute atomic E-state index is 0.0750. The van der Waals surface area contributed by atoms with Gasteiger partial charge in [0.25, 0.3) is 0 Å². The van der Waals surface area contributed by atoms with E-state index >= 15 is 0 Å². The molecule has 1 N–H and O–H groups in total. The molecule has 0 radical (unpaired) electrons. The van der Waals surface area contributed by atoms with Crippen molar-refractivity contribution in [3.63, 3.8) is 0 Å². The van der Waals surface area contributed by atoms with Gasteiger partial charge in [-0.25, -0.2) is 0 Å². The number of aromatic amines is 1. The van der Waals surface area contributed by atoms with Crippen molar-refractivity contribution in [2.75, 3.05) is 13.7 Å². The smallest absolute Gasteiger partial charge is 0.226 e. The van der Waals surface area contributed by atoms with E-state index in [9.17, 15) is 4.79 Å². The molecule has 0 bridgehead atoms. The summed E-state index contributed by atoms with van der Waals surface area (Å²) >= 11 is 0. The van der Waals surface area contributed by atoms with E-state index in [0.717, 1.165) is 24.2 Å². The molecule has 1 atom stereocenters. The molecule has 22 heavy (non-hydrogen) atoms. The second-order valence-electron chi connectivity index (χ2n) is 6.54. The highest BCUT2D eigenvalue weighted by molar-refractivity contribution is 5.87. The summed E-state index contributed by atoms with van der Waals surface area (Å²) in [5, 5.41) is 1.22. The number of carbonyl (C=O) groups excluding carboxylic acids is 1. The van der Waals surface area contributed by atoms with Gasteiger partial charge >= 0.3 is 0 Å². The van der Waals surface area contributed by atoms with Crippen LogP contribution in [-0.2, 0) is 17.8 Å². The highest BCUT2D eigenvalue weighted by Gasteiger charge is 2.28. The largest absolute Gasteiger partial charge is 0.497 e. The number of aromatic nitrogens is 1. The van der Waals surface area contributed by atoms with Crippen LogP contribution in [0.1, 0.15) is 32.0 Å². The van der Waals surface area contributed by atoms with Gasteiger partial charge in [0.05, 0.1) is 13.7 Å². The molecule has 2 heterocycles. The quantitative estimate of drug-likeness (QED) is 0.944. The Morgan fingerprint density at radius 2 is 2.09 bits per heavy atom. The zero-order valence-electron chi connectivity index (χ0n) is 13.8. The lowest BCUT2D eigenvalue weighted by molar-refractivity contribution is -0.137. The van der Waals surface area contributed by atoms with E-state index in [1.54, 1.807) is 7.11 Å². The van der Waals surface area contributed by atoms with E-state index < -0.39 is 0 Å². The third kappa shape index (κ3) is 2.47. The minimum Gasteiger partial charge on any atom is -0.497 e. The molecule has 1 aromatic carbocycles. The number of nitrogens with zero attached hydrogens (tertiary/aromatic N) is 1. The molecule has 0 spiro atoms. The maximum absolute atomic E-state index is 12.6. The molecule has 2 aromatic rings. The standard InChI is InChI=1S/C18H24N2O2/c1-11(2)12(3)18(21)20-8-7-14-15-9-13(22-4)5-6-16(15)19-17(14)10-20/h5-6,9,11-12,19H,7-8,10H2,1-4H3. The summed E-state index contributed by atoms with van der Waals surface area (Å²) in [6, 6.07) is 6.10. The van der Waals surface area contributed by atoms with Crippen molar-refractivity contribution < 1.29 is 9.53 Å². The fourth-order valence-electron chi connectivity index (χ4n) is 3.11.